The standard InChI is InChI=1S/C25H36O8/c1-21(2)32-18-9-14(26)10-23(29)6-4-16-20(25(18,23)33-21)17(27)11-22(3)15(5-7-24(16,22)30)13-8-19(28)31-12-13/h8,14-18,20,26-27,29-30H,4-7,9-12H2,1-3H3/t14-,15+,16?,17+,18+,20?,22+,23-,24-,25-/m0/s1. The molecule has 8 nitrogen and oxygen atoms in total. The van der Waals surface area contributed by atoms with Gasteiger partial charge in [-0.2, -0.15) is 0 Å². The molecule has 4 aliphatic carbocycles. The van der Waals surface area contributed by atoms with Crippen LogP contribution in [0.15, 0.2) is 11.6 Å². The average Bonchev–Trinajstić information content (AvgIpc) is 3.31. The summed E-state index contributed by atoms with van der Waals surface area (Å²) in [6.45, 7) is 5.89. The van der Waals surface area contributed by atoms with Gasteiger partial charge in [0.25, 0.3) is 0 Å². The molecule has 4 saturated carbocycles. The molecule has 0 radical (unpaired) electrons. The zero-order valence-electron chi connectivity index (χ0n) is 19.6. The molecule has 0 aromatic heterocycles. The fourth-order valence-corrected chi connectivity index (χ4v) is 9.22. The maximum Gasteiger partial charge on any atom is 0.331 e. The molecule has 2 heterocycles. The zero-order chi connectivity index (χ0) is 23.6. The number of hydrogen-bond donors (Lipinski definition) is 4. The second kappa shape index (κ2) is 6.59. The van der Waals surface area contributed by atoms with E-state index in [0.29, 0.717) is 38.5 Å². The van der Waals surface area contributed by atoms with Crippen molar-refractivity contribution in [3.63, 3.8) is 0 Å². The number of aliphatic hydroxyl groups excluding tert-OH is 2. The monoisotopic (exact) mass is 464 g/mol. The van der Waals surface area contributed by atoms with E-state index in [0.717, 1.165) is 5.57 Å². The van der Waals surface area contributed by atoms with Crippen LogP contribution in [0.5, 0.6) is 0 Å². The van der Waals surface area contributed by atoms with Crippen molar-refractivity contribution in [3.8, 4) is 0 Å². The topological polar surface area (TPSA) is 126 Å². The Morgan fingerprint density at radius 2 is 1.82 bits per heavy atom. The van der Waals surface area contributed by atoms with Crippen LogP contribution < -0.4 is 0 Å². The van der Waals surface area contributed by atoms with E-state index < -0.39 is 52.2 Å². The first-order valence-electron chi connectivity index (χ1n) is 12.4. The molecule has 0 bridgehead atoms. The molecule has 0 aromatic rings. The van der Waals surface area contributed by atoms with Crippen LogP contribution in [0.25, 0.3) is 0 Å². The molecule has 4 N–H and O–H groups in total. The van der Waals surface area contributed by atoms with E-state index in [-0.39, 0.29) is 30.8 Å². The molecular formula is C25H36O8. The number of aliphatic hydroxyl groups is 4. The highest BCUT2D eigenvalue weighted by molar-refractivity contribution is 5.85. The minimum atomic E-state index is -1.35. The van der Waals surface area contributed by atoms with Gasteiger partial charge in [0.15, 0.2) is 5.79 Å². The van der Waals surface area contributed by atoms with E-state index >= 15 is 0 Å². The molecular weight excluding hydrogens is 428 g/mol. The highest BCUT2D eigenvalue weighted by Crippen LogP contribution is 2.70. The molecule has 6 aliphatic rings. The Bertz CT molecular complexity index is 916. The van der Waals surface area contributed by atoms with E-state index in [1.807, 2.05) is 6.92 Å². The summed E-state index contributed by atoms with van der Waals surface area (Å²) in [5.41, 5.74) is -3.35. The molecule has 10 atom stereocenters. The van der Waals surface area contributed by atoms with Crippen LogP contribution in [-0.4, -0.2) is 73.9 Å². The van der Waals surface area contributed by atoms with Gasteiger partial charge in [-0.25, -0.2) is 4.79 Å². The van der Waals surface area contributed by atoms with Crippen LogP contribution in [-0.2, 0) is 19.0 Å². The van der Waals surface area contributed by atoms with Crippen LogP contribution in [0.3, 0.4) is 0 Å². The summed E-state index contributed by atoms with van der Waals surface area (Å²) in [4.78, 5) is 11.8. The largest absolute Gasteiger partial charge is 0.458 e. The molecule has 8 heteroatoms. The zero-order valence-corrected chi connectivity index (χ0v) is 19.6. The van der Waals surface area contributed by atoms with Gasteiger partial charge in [0.1, 0.15) is 12.2 Å². The maximum absolute atomic E-state index is 12.4. The highest BCUT2D eigenvalue weighted by atomic mass is 16.8. The normalized spacial score (nSPS) is 56.9. The molecule has 5 fully saturated rings. The van der Waals surface area contributed by atoms with E-state index in [1.54, 1.807) is 19.9 Å². The summed E-state index contributed by atoms with van der Waals surface area (Å²) in [5, 5.41) is 46.6. The summed E-state index contributed by atoms with van der Waals surface area (Å²) < 4.78 is 18.0. The van der Waals surface area contributed by atoms with Crippen LogP contribution >= 0.6 is 0 Å². The molecule has 2 aliphatic heterocycles. The lowest BCUT2D eigenvalue weighted by Crippen LogP contribution is -2.78. The number of carbonyl (C=O) groups is 1. The summed E-state index contributed by atoms with van der Waals surface area (Å²) in [6, 6.07) is 0. The molecule has 6 rings (SSSR count). The van der Waals surface area contributed by atoms with E-state index in [2.05, 4.69) is 0 Å². The van der Waals surface area contributed by atoms with E-state index in [4.69, 9.17) is 14.2 Å². The van der Waals surface area contributed by atoms with Gasteiger partial charge in [-0.1, -0.05) is 6.92 Å². The Kier molecular flexibility index (Phi) is 4.48. The first kappa shape index (κ1) is 22.4. The molecule has 184 valence electrons. The van der Waals surface area contributed by atoms with Crippen molar-refractivity contribution >= 4 is 5.97 Å². The number of fused-ring (bicyclic) bond motifs is 3. The van der Waals surface area contributed by atoms with Gasteiger partial charge in [0, 0.05) is 30.3 Å². The Morgan fingerprint density at radius 3 is 2.52 bits per heavy atom. The first-order chi connectivity index (χ1) is 15.4. The second-order valence-electron chi connectivity index (χ2n) is 12.2. The second-order valence-corrected chi connectivity index (χ2v) is 12.2. The Balaban J connectivity index is 1.45. The van der Waals surface area contributed by atoms with Crippen molar-refractivity contribution in [2.45, 2.75) is 107 Å². The first-order valence-corrected chi connectivity index (χ1v) is 12.4. The van der Waals surface area contributed by atoms with Crippen LogP contribution in [0, 0.1) is 23.2 Å². The number of carbonyl (C=O) groups excluding carboxylic acids is 1. The molecule has 2 unspecified atom stereocenters. The minimum absolute atomic E-state index is 0.0518. The van der Waals surface area contributed by atoms with Crippen LogP contribution in [0.2, 0.25) is 0 Å². The SMILES string of the molecule is CC1(C)O[C@@H]2C[C@H](O)C[C@@]3(O)CCC4C([C@H](O)C[C@]5(C)[C@@H](C6=CC(=O)OC6)CC[C@]45O)[C@@]23O1. The summed E-state index contributed by atoms with van der Waals surface area (Å²) in [6.07, 6.45) is 2.42. The van der Waals surface area contributed by atoms with Crippen molar-refractivity contribution in [1.29, 1.82) is 0 Å². The minimum Gasteiger partial charge on any atom is -0.458 e. The average molecular weight is 465 g/mol. The smallest absolute Gasteiger partial charge is 0.331 e. The number of cyclic esters (lactones) is 1. The quantitative estimate of drug-likeness (QED) is 0.427. The Labute approximate surface area is 193 Å². The lowest BCUT2D eigenvalue weighted by atomic mass is 9.43. The van der Waals surface area contributed by atoms with Gasteiger partial charge >= 0.3 is 5.97 Å². The molecule has 33 heavy (non-hydrogen) atoms. The summed E-state index contributed by atoms with van der Waals surface area (Å²) >= 11 is 0. The lowest BCUT2D eigenvalue weighted by molar-refractivity contribution is -0.324. The summed E-state index contributed by atoms with van der Waals surface area (Å²) in [7, 11) is 0. The number of esters is 1. The van der Waals surface area contributed by atoms with Gasteiger partial charge in [0.2, 0.25) is 0 Å². The van der Waals surface area contributed by atoms with Crippen molar-refractivity contribution in [2.24, 2.45) is 23.2 Å². The molecule has 0 amide bonds. The van der Waals surface area contributed by atoms with Gasteiger partial charge < -0.3 is 34.6 Å². The van der Waals surface area contributed by atoms with Crippen LogP contribution in [0.4, 0.5) is 0 Å². The number of ether oxygens (including phenoxy) is 3. The third-order valence-corrected chi connectivity index (χ3v) is 10.3. The van der Waals surface area contributed by atoms with Gasteiger partial charge in [0.05, 0.1) is 29.5 Å². The van der Waals surface area contributed by atoms with E-state index in [1.165, 1.54) is 0 Å². The Morgan fingerprint density at radius 1 is 1.06 bits per heavy atom. The van der Waals surface area contributed by atoms with Gasteiger partial charge in [-0.3, -0.25) is 0 Å². The number of rotatable bonds is 1. The lowest BCUT2D eigenvalue weighted by Gasteiger charge is -2.66. The predicted octanol–water partition coefficient (Wildman–Crippen LogP) is 1.18. The fourth-order valence-electron chi connectivity index (χ4n) is 9.22. The third-order valence-electron chi connectivity index (χ3n) is 10.3. The number of hydrogen-bond acceptors (Lipinski definition) is 8. The highest BCUT2D eigenvalue weighted by Gasteiger charge is 2.79. The van der Waals surface area contributed by atoms with E-state index in [9.17, 15) is 25.2 Å². The van der Waals surface area contributed by atoms with Crippen molar-refractivity contribution in [2.75, 3.05) is 6.61 Å². The van der Waals surface area contributed by atoms with Gasteiger partial charge in [-0.15, -0.1) is 0 Å². The fraction of sp³-hybridized carbons (Fsp3) is 0.880. The third kappa shape index (κ3) is 2.65. The van der Waals surface area contributed by atoms with Crippen molar-refractivity contribution in [1.82, 2.24) is 0 Å². The molecule has 1 spiro atoms. The van der Waals surface area contributed by atoms with Crippen molar-refractivity contribution < 1.29 is 39.4 Å². The summed E-state index contributed by atoms with van der Waals surface area (Å²) in [5.74, 6) is -2.20. The van der Waals surface area contributed by atoms with Crippen LogP contribution in [0.1, 0.15) is 65.7 Å². The van der Waals surface area contributed by atoms with Gasteiger partial charge in [-0.05, 0) is 63.4 Å². The molecule has 1 saturated heterocycles. The Hall–Kier alpha value is -1.03. The predicted molar refractivity (Wildman–Crippen MR) is 115 cm³/mol. The molecule has 0 aromatic carbocycles. The van der Waals surface area contributed by atoms with Crippen molar-refractivity contribution in [3.05, 3.63) is 11.6 Å². The maximum atomic E-state index is 12.4.